The Kier molecular flexibility index (Phi) is 5.89. The normalized spacial score (nSPS) is 10.7. The van der Waals surface area contributed by atoms with Gasteiger partial charge in [-0.1, -0.05) is 18.2 Å². The summed E-state index contributed by atoms with van der Waals surface area (Å²) in [7, 11) is 0. The Hall–Kier alpha value is -4.45. The largest absolute Gasteiger partial charge is 0.478 e. The number of aromatic carboxylic acids is 1. The van der Waals surface area contributed by atoms with Crippen LogP contribution in [0.5, 0.6) is 0 Å². The molecule has 0 amide bonds. The van der Waals surface area contributed by atoms with E-state index >= 15 is 0 Å². The van der Waals surface area contributed by atoms with Crippen LogP contribution < -0.4 is 5.56 Å². The maximum absolute atomic E-state index is 12.9. The van der Waals surface area contributed by atoms with Gasteiger partial charge in [0.15, 0.2) is 5.69 Å². The first-order valence-electron chi connectivity index (χ1n) is 8.85. The molecule has 1 aromatic heterocycles. The summed E-state index contributed by atoms with van der Waals surface area (Å²) < 4.78 is 6.17. The molecular formula is C21H16N4O5. The van der Waals surface area contributed by atoms with E-state index in [1.807, 2.05) is 6.07 Å². The lowest BCUT2D eigenvalue weighted by Gasteiger charge is -2.02. The summed E-state index contributed by atoms with van der Waals surface area (Å²) >= 11 is 0. The molecule has 0 saturated heterocycles. The number of hydrogen-bond acceptors (Lipinski definition) is 6. The highest BCUT2D eigenvalue weighted by Crippen LogP contribution is 2.21. The highest BCUT2D eigenvalue weighted by Gasteiger charge is 2.21. The number of carboxylic acids is 1. The van der Waals surface area contributed by atoms with Crippen molar-refractivity contribution in [3.05, 3.63) is 81.3 Å². The standard InChI is InChI=1S/C21H16N4O5/c1-2-30-21(29)18-16(19(26)25(24-18)14-6-4-3-5-7-14)12-23-17-10-13(11-22)8-9-15(17)20(27)28/h3-10,12,24H,2H2,1H3,(H,27,28). The van der Waals surface area contributed by atoms with Crippen LogP contribution in [-0.4, -0.2) is 39.6 Å². The predicted octanol–water partition coefficient (Wildman–Crippen LogP) is 2.66. The smallest absolute Gasteiger partial charge is 0.357 e. The SMILES string of the molecule is CCOC(=O)c1[nH]n(-c2ccccc2)c(=O)c1C=Nc1cc(C#N)ccc1C(=O)O. The molecule has 0 saturated carbocycles. The number of nitriles is 1. The van der Waals surface area contributed by atoms with E-state index < -0.39 is 17.5 Å². The summed E-state index contributed by atoms with van der Waals surface area (Å²) in [6.07, 6.45) is 1.09. The fourth-order valence-electron chi connectivity index (χ4n) is 2.71. The van der Waals surface area contributed by atoms with Crippen molar-refractivity contribution in [1.82, 2.24) is 9.78 Å². The van der Waals surface area contributed by atoms with Crippen molar-refractivity contribution in [3.8, 4) is 11.8 Å². The van der Waals surface area contributed by atoms with Crippen molar-refractivity contribution in [2.24, 2.45) is 4.99 Å². The molecule has 0 atom stereocenters. The quantitative estimate of drug-likeness (QED) is 0.478. The molecule has 0 aliphatic rings. The van der Waals surface area contributed by atoms with E-state index in [1.165, 1.54) is 18.2 Å². The number of aliphatic imine (C=N–C) groups is 1. The number of nitrogens with one attached hydrogen (secondary N) is 1. The van der Waals surface area contributed by atoms with Crippen LogP contribution in [0.2, 0.25) is 0 Å². The van der Waals surface area contributed by atoms with Crippen molar-refractivity contribution in [2.75, 3.05) is 6.61 Å². The molecule has 150 valence electrons. The van der Waals surface area contributed by atoms with Gasteiger partial charge in [0.25, 0.3) is 5.56 Å². The molecule has 3 aromatic rings. The zero-order chi connectivity index (χ0) is 21.7. The molecule has 0 bridgehead atoms. The minimum Gasteiger partial charge on any atom is -0.478 e. The third-order valence-corrected chi connectivity index (χ3v) is 4.11. The number of esters is 1. The van der Waals surface area contributed by atoms with Gasteiger partial charge >= 0.3 is 11.9 Å². The Balaban J connectivity index is 2.15. The number of nitrogens with zero attached hydrogens (tertiary/aromatic N) is 3. The first-order valence-corrected chi connectivity index (χ1v) is 8.85. The number of H-pyrrole nitrogens is 1. The number of ether oxygens (including phenoxy) is 1. The topological polar surface area (TPSA) is 138 Å². The first-order chi connectivity index (χ1) is 14.5. The third kappa shape index (κ3) is 4.02. The van der Waals surface area contributed by atoms with Crippen molar-refractivity contribution in [3.63, 3.8) is 0 Å². The Morgan fingerprint density at radius 2 is 2.00 bits per heavy atom. The predicted molar refractivity (Wildman–Crippen MR) is 108 cm³/mol. The van der Waals surface area contributed by atoms with Gasteiger partial charge < -0.3 is 9.84 Å². The molecule has 0 fully saturated rings. The Morgan fingerprint density at radius 1 is 1.27 bits per heavy atom. The number of para-hydroxylation sites is 1. The second kappa shape index (κ2) is 8.70. The van der Waals surface area contributed by atoms with Gasteiger partial charge in [-0.2, -0.15) is 5.26 Å². The van der Waals surface area contributed by atoms with E-state index in [0.717, 1.165) is 10.9 Å². The number of aromatic nitrogens is 2. The van der Waals surface area contributed by atoms with E-state index in [1.54, 1.807) is 37.3 Å². The van der Waals surface area contributed by atoms with Crippen molar-refractivity contribution < 1.29 is 19.4 Å². The Morgan fingerprint density at radius 3 is 2.63 bits per heavy atom. The molecule has 2 aromatic carbocycles. The van der Waals surface area contributed by atoms with E-state index in [2.05, 4.69) is 10.1 Å². The third-order valence-electron chi connectivity index (χ3n) is 4.11. The number of rotatable bonds is 6. The van der Waals surface area contributed by atoms with Gasteiger partial charge in [-0.05, 0) is 37.3 Å². The Labute approximate surface area is 170 Å². The van der Waals surface area contributed by atoms with Gasteiger partial charge in [0.2, 0.25) is 0 Å². The van der Waals surface area contributed by atoms with Crippen molar-refractivity contribution >= 4 is 23.8 Å². The lowest BCUT2D eigenvalue weighted by molar-refractivity contribution is 0.0518. The van der Waals surface area contributed by atoms with Gasteiger partial charge in [0.05, 0.1) is 40.7 Å². The van der Waals surface area contributed by atoms with Crippen LogP contribution in [0, 0.1) is 11.3 Å². The molecule has 0 aliphatic heterocycles. The summed E-state index contributed by atoms with van der Waals surface area (Å²) in [6, 6.07) is 14.4. The van der Waals surface area contributed by atoms with Crippen LogP contribution in [0.3, 0.4) is 0 Å². The summed E-state index contributed by atoms with van der Waals surface area (Å²) in [5.41, 5.74) is -0.274. The fraction of sp³-hybridized carbons (Fsp3) is 0.0952. The molecular weight excluding hydrogens is 388 g/mol. The number of aromatic amines is 1. The van der Waals surface area contributed by atoms with E-state index in [-0.39, 0.29) is 34.7 Å². The molecule has 0 unspecified atom stereocenters. The molecule has 30 heavy (non-hydrogen) atoms. The fourth-order valence-corrected chi connectivity index (χ4v) is 2.71. The minimum absolute atomic E-state index is 0.0248. The summed E-state index contributed by atoms with van der Waals surface area (Å²) in [5, 5.41) is 21.1. The molecule has 1 heterocycles. The van der Waals surface area contributed by atoms with Gasteiger partial charge in [0.1, 0.15) is 0 Å². The lowest BCUT2D eigenvalue weighted by atomic mass is 10.1. The highest BCUT2D eigenvalue weighted by atomic mass is 16.5. The number of carboxylic acid groups (broad SMARTS) is 1. The second-order valence-corrected chi connectivity index (χ2v) is 6.00. The van der Waals surface area contributed by atoms with Crippen LogP contribution in [0.15, 0.2) is 58.3 Å². The van der Waals surface area contributed by atoms with Gasteiger partial charge in [-0.3, -0.25) is 14.9 Å². The van der Waals surface area contributed by atoms with Crippen LogP contribution in [-0.2, 0) is 4.74 Å². The van der Waals surface area contributed by atoms with Crippen LogP contribution in [0.4, 0.5) is 5.69 Å². The van der Waals surface area contributed by atoms with Crippen LogP contribution >= 0.6 is 0 Å². The monoisotopic (exact) mass is 404 g/mol. The van der Waals surface area contributed by atoms with Gasteiger partial charge in [0, 0.05) is 6.21 Å². The van der Waals surface area contributed by atoms with E-state index in [0.29, 0.717) is 5.69 Å². The maximum Gasteiger partial charge on any atom is 0.357 e. The number of carbonyl (C=O) groups is 2. The molecule has 3 rings (SSSR count). The second-order valence-electron chi connectivity index (χ2n) is 6.00. The van der Waals surface area contributed by atoms with Gasteiger partial charge in [-0.25, -0.2) is 14.3 Å². The molecule has 9 heteroatoms. The van der Waals surface area contributed by atoms with E-state index in [9.17, 15) is 19.5 Å². The van der Waals surface area contributed by atoms with Crippen molar-refractivity contribution in [2.45, 2.75) is 6.92 Å². The van der Waals surface area contributed by atoms with E-state index in [4.69, 9.17) is 10.00 Å². The summed E-state index contributed by atoms with van der Waals surface area (Å²) in [6.45, 7) is 1.73. The molecule has 0 aliphatic carbocycles. The minimum atomic E-state index is -1.24. The van der Waals surface area contributed by atoms with Crippen molar-refractivity contribution in [1.29, 1.82) is 5.26 Å². The lowest BCUT2D eigenvalue weighted by Crippen LogP contribution is -2.17. The zero-order valence-electron chi connectivity index (χ0n) is 15.8. The zero-order valence-corrected chi connectivity index (χ0v) is 15.8. The Bertz CT molecular complexity index is 1230. The molecule has 0 spiro atoms. The average Bonchev–Trinajstić information content (AvgIpc) is 3.09. The summed E-state index contributed by atoms with van der Waals surface area (Å²) in [5.74, 6) is -2.00. The summed E-state index contributed by atoms with van der Waals surface area (Å²) in [4.78, 5) is 40.8. The van der Waals surface area contributed by atoms with Crippen LogP contribution in [0.25, 0.3) is 5.69 Å². The molecule has 9 nitrogen and oxygen atoms in total. The average molecular weight is 404 g/mol. The van der Waals surface area contributed by atoms with Gasteiger partial charge in [-0.15, -0.1) is 0 Å². The molecule has 2 N–H and O–H groups in total. The molecule has 0 radical (unpaired) electrons. The number of benzene rings is 2. The number of carbonyl (C=O) groups excluding carboxylic acids is 1. The highest BCUT2D eigenvalue weighted by molar-refractivity contribution is 6.00. The maximum atomic E-state index is 12.9. The van der Waals surface area contributed by atoms with Crippen LogP contribution in [0.1, 0.15) is 38.9 Å². The number of hydrogen-bond donors (Lipinski definition) is 2. The first kappa shape index (κ1) is 20.3.